The summed E-state index contributed by atoms with van der Waals surface area (Å²) in [5, 5.41) is 16.1. The monoisotopic (exact) mass is 224 g/mol. The zero-order chi connectivity index (χ0) is 11.5. The molecule has 2 N–H and O–H groups in total. The minimum absolute atomic E-state index is 0.161. The van der Waals surface area contributed by atoms with E-state index in [4.69, 9.17) is 4.52 Å². The molecule has 1 saturated carbocycles. The minimum atomic E-state index is -0.443. The molecule has 1 aromatic rings. The summed E-state index contributed by atoms with van der Waals surface area (Å²) in [5.41, 5.74) is 0.675. The zero-order valence-electron chi connectivity index (χ0n) is 9.27. The van der Waals surface area contributed by atoms with Gasteiger partial charge in [-0.05, 0) is 19.8 Å². The van der Waals surface area contributed by atoms with Crippen molar-refractivity contribution in [3.05, 3.63) is 17.5 Å². The van der Waals surface area contributed by atoms with E-state index < -0.39 is 6.10 Å². The highest BCUT2D eigenvalue weighted by molar-refractivity contribution is 5.91. The summed E-state index contributed by atoms with van der Waals surface area (Å²) in [6.07, 6.45) is 3.19. The van der Waals surface area contributed by atoms with Crippen LogP contribution in [0.5, 0.6) is 0 Å². The average molecular weight is 224 g/mol. The van der Waals surface area contributed by atoms with E-state index in [-0.39, 0.29) is 17.7 Å². The molecule has 2 atom stereocenters. The van der Waals surface area contributed by atoms with Crippen LogP contribution in [-0.4, -0.2) is 28.3 Å². The molecular formula is C11H16N2O3. The van der Waals surface area contributed by atoms with Crippen molar-refractivity contribution in [1.29, 1.82) is 0 Å². The van der Waals surface area contributed by atoms with Crippen molar-refractivity contribution in [3.63, 3.8) is 0 Å². The van der Waals surface area contributed by atoms with E-state index in [1.807, 2.05) is 0 Å². The molecule has 0 aromatic carbocycles. The lowest BCUT2D eigenvalue weighted by Gasteiger charge is -2.27. The molecule has 2 rings (SSSR count). The smallest absolute Gasteiger partial charge is 0.290 e. The molecule has 0 saturated heterocycles. The normalized spacial score (nSPS) is 25.4. The highest BCUT2D eigenvalue weighted by atomic mass is 16.5. The van der Waals surface area contributed by atoms with Crippen molar-refractivity contribution in [2.24, 2.45) is 0 Å². The summed E-state index contributed by atoms with van der Waals surface area (Å²) in [6, 6.07) is 1.43. The first-order chi connectivity index (χ1) is 7.66. The van der Waals surface area contributed by atoms with Gasteiger partial charge in [-0.1, -0.05) is 18.0 Å². The van der Waals surface area contributed by atoms with Gasteiger partial charge in [0.2, 0.25) is 5.76 Å². The van der Waals surface area contributed by atoms with Crippen LogP contribution in [0.2, 0.25) is 0 Å². The lowest BCUT2D eigenvalue weighted by Crippen LogP contribution is -2.44. The van der Waals surface area contributed by atoms with Crippen molar-refractivity contribution in [2.45, 2.75) is 44.8 Å². The van der Waals surface area contributed by atoms with Crippen LogP contribution in [0.25, 0.3) is 0 Å². The lowest BCUT2D eigenvalue weighted by molar-refractivity contribution is 0.0692. The summed E-state index contributed by atoms with van der Waals surface area (Å²) in [4.78, 5) is 11.7. The maximum atomic E-state index is 11.7. The van der Waals surface area contributed by atoms with Crippen molar-refractivity contribution in [1.82, 2.24) is 10.5 Å². The Morgan fingerprint density at radius 2 is 2.31 bits per heavy atom. The van der Waals surface area contributed by atoms with E-state index in [0.29, 0.717) is 5.69 Å². The molecule has 5 nitrogen and oxygen atoms in total. The molecule has 0 spiro atoms. The number of aryl methyl sites for hydroxylation is 1. The number of amides is 1. The number of rotatable bonds is 2. The SMILES string of the molecule is Cc1cc(C(=O)N[C@H]2CCCC[C@@H]2O)on1. The van der Waals surface area contributed by atoms with Gasteiger partial charge in [0.15, 0.2) is 0 Å². The third-order valence-corrected chi connectivity index (χ3v) is 2.90. The maximum Gasteiger partial charge on any atom is 0.290 e. The van der Waals surface area contributed by atoms with E-state index in [1.165, 1.54) is 0 Å². The van der Waals surface area contributed by atoms with E-state index in [9.17, 15) is 9.90 Å². The molecule has 1 aromatic heterocycles. The van der Waals surface area contributed by atoms with Gasteiger partial charge in [-0.15, -0.1) is 0 Å². The average Bonchev–Trinajstić information content (AvgIpc) is 2.68. The number of aliphatic hydroxyl groups is 1. The number of nitrogens with one attached hydrogen (secondary N) is 1. The maximum absolute atomic E-state index is 11.7. The molecule has 1 aliphatic rings. The molecule has 16 heavy (non-hydrogen) atoms. The fraction of sp³-hybridized carbons (Fsp3) is 0.636. The minimum Gasteiger partial charge on any atom is -0.391 e. The molecular weight excluding hydrogens is 208 g/mol. The number of aromatic nitrogens is 1. The molecule has 88 valence electrons. The first kappa shape index (κ1) is 11.1. The van der Waals surface area contributed by atoms with Crippen molar-refractivity contribution < 1.29 is 14.4 Å². The summed E-state index contributed by atoms with van der Waals surface area (Å²) < 4.78 is 4.86. The van der Waals surface area contributed by atoms with E-state index in [1.54, 1.807) is 13.0 Å². The number of hydrogen-bond donors (Lipinski definition) is 2. The summed E-state index contributed by atoms with van der Waals surface area (Å²) >= 11 is 0. The Hall–Kier alpha value is -1.36. The first-order valence-corrected chi connectivity index (χ1v) is 5.59. The number of carbonyl (C=O) groups excluding carboxylic acids is 1. The van der Waals surface area contributed by atoms with Gasteiger partial charge < -0.3 is 14.9 Å². The van der Waals surface area contributed by atoms with Gasteiger partial charge in [0, 0.05) is 6.07 Å². The van der Waals surface area contributed by atoms with Crippen molar-refractivity contribution >= 4 is 5.91 Å². The summed E-state index contributed by atoms with van der Waals surface area (Å²) in [6.45, 7) is 1.76. The van der Waals surface area contributed by atoms with Crippen LogP contribution in [-0.2, 0) is 0 Å². The van der Waals surface area contributed by atoms with Gasteiger partial charge in [-0.2, -0.15) is 0 Å². The molecule has 0 radical (unpaired) electrons. The highest BCUT2D eigenvalue weighted by Gasteiger charge is 2.25. The number of carbonyl (C=O) groups is 1. The molecule has 1 aliphatic carbocycles. The Morgan fingerprint density at radius 3 is 2.94 bits per heavy atom. The molecule has 0 bridgehead atoms. The number of nitrogens with zero attached hydrogens (tertiary/aromatic N) is 1. The van der Waals surface area contributed by atoms with E-state index in [2.05, 4.69) is 10.5 Å². The topological polar surface area (TPSA) is 75.4 Å². The Morgan fingerprint density at radius 1 is 1.56 bits per heavy atom. The van der Waals surface area contributed by atoms with Gasteiger partial charge in [0.1, 0.15) is 0 Å². The molecule has 1 heterocycles. The quantitative estimate of drug-likeness (QED) is 0.786. The van der Waals surface area contributed by atoms with Crippen LogP contribution in [0.1, 0.15) is 41.9 Å². The Labute approximate surface area is 93.8 Å². The van der Waals surface area contributed by atoms with Crippen molar-refractivity contribution in [2.75, 3.05) is 0 Å². The molecule has 5 heteroatoms. The van der Waals surface area contributed by atoms with Crippen molar-refractivity contribution in [3.8, 4) is 0 Å². The highest BCUT2D eigenvalue weighted by Crippen LogP contribution is 2.18. The third-order valence-electron chi connectivity index (χ3n) is 2.90. The van der Waals surface area contributed by atoms with Crippen LogP contribution in [0.4, 0.5) is 0 Å². The second kappa shape index (κ2) is 4.65. The number of hydrogen-bond acceptors (Lipinski definition) is 4. The van der Waals surface area contributed by atoms with Gasteiger partial charge >= 0.3 is 0 Å². The first-order valence-electron chi connectivity index (χ1n) is 5.59. The Balaban J connectivity index is 1.96. The summed E-state index contributed by atoms with van der Waals surface area (Å²) in [5.74, 6) is -0.0955. The van der Waals surface area contributed by atoms with Crippen LogP contribution in [0.15, 0.2) is 10.6 Å². The zero-order valence-corrected chi connectivity index (χ0v) is 9.27. The molecule has 1 fully saturated rings. The molecule has 0 aliphatic heterocycles. The van der Waals surface area contributed by atoms with E-state index in [0.717, 1.165) is 25.7 Å². The Kier molecular flexibility index (Phi) is 3.24. The van der Waals surface area contributed by atoms with Crippen LogP contribution in [0, 0.1) is 6.92 Å². The van der Waals surface area contributed by atoms with Crippen LogP contribution < -0.4 is 5.32 Å². The standard InChI is InChI=1S/C11H16N2O3/c1-7-6-10(16-13-7)11(15)12-8-4-2-3-5-9(8)14/h6,8-9,14H,2-5H2,1H3,(H,12,15)/t8-,9-/m0/s1. The van der Waals surface area contributed by atoms with Gasteiger partial charge in [-0.25, -0.2) is 0 Å². The van der Waals surface area contributed by atoms with Gasteiger partial charge in [-0.3, -0.25) is 4.79 Å². The van der Waals surface area contributed by atoms with Gasteiger partial charge in [0.25, 0.3) is 5.91 Å². The molecule has 0 unspecified atom stereocenters. The van der Waals surface area contributed by atoms with Crippen LogP contribution >= 0.6 is 0 Å². The Bertz CT molecular complexity index is 375. The largest absolute Gasteiger partial charge is 0.391 e. The lowest BCUT2D eigenvalue weighted by atomic mass is 9.92. The number of aliphatic hydroxyl groups excluding tert-OH is 1. The predicted molar refractivity (Wildman–Crippen MR) is 57.0 cm³/mol. The van der Waals surface area contributed by atoms with E-state index >= 15 is 0 Å². The second-order valence-corrected chi connectivity index (χ2v) is 4.26. The predicted octanol–water partition coefficient (Wildman–Crippen LogP) is 1.02. The van der Waals surface area contributed by atoms with Crippen LogP contribution in [0.3, 0.4) is 0 Å². The fourth-order valence-electron chi connectivity index (χ4n) is 1.99. The molecule has 1 amide bonds. The fourth-order valence-corrected chi connectivity index (χ4v) is 1.99. The summed E-state index contributed by atoms with van der Waals surface area (Å²) in [7, 11) is 0. The second-order valence-electron chi connectivity index (χ2n) is 4.26. The third kappa shape index (κ3) is 2.41. The van der Waals surface area contributed by atoms with Gasteiger partial charge in [0.05, 0.1) is 17.8 Å².